The molecule has 9 heteroatoms. The highest BCUT2D eigenvalue weighted by Crippen LogP contribution is 2.31. The van der Waals surface area contributed by atoms with Gasteiger partial charge in [0, 0.05) is 0 Å². The predicted octanol–water partition coefficient (Wildman–Crippen LogP) is 1.04. The molecule has 0 saturated heterocycles. The Hall–Kier alpha value is -2.91. The lowest BCUT2D eigenvalue weighted by Gasteiger charge is -2.28. The number of ether oxygens (including phenoxy) is 1. The molecule has 0 aliphatic carbocycles. The van der Waals surface area contributed by atoms with Crippen molar-refractivity contribution < 1.29 is 22.7 Å². The van der Waals surface area contributed by atoms with Crippen LogP contribution in [0.2, 0.25) is 0 Å². The first kappa shape index (κ1) is 18.9. The van der Waals surface area contributed by atoms with Gasteiger partial charge in [-0.15, -0.1) is 4.83 Å². The highest BCUT2D eigenvalue weighted by atomic mass is 32.2. The molecule has 2 aromatic rings. The third kappa shape index (κ3) is 4.09. The van der Waals surface area contributed by atoms with Crippen LogP contribution in [0.1, 0.15) is 11.1 Å². The van der Waals surface area contributed by atoms with Gasteiger partial charge in [0.1, 0.15) is 12.3 Å². The van der Waals surface area contributed by atoms with Crippen molar-refractivity contribution in [3.05, 3.63) is 53.6 Å². The average molecular weight is 389 g/mol. The van der Waals surface area contributed by atoms with Crippen molar-refractivity contribution in [2.45, 2.75) is 18.7 Å². The Kier molecular flexibility index (Phi) is 5.15. The molecule has 0 bridgehead atoms. The van der Waals surface area contributed by atoms with Crippen LogP contribution in [0.5, 0.6) is 5.75 Å². The molecule has 0 saturated carbocycles. The largest absolute Gasteiger partial charge is 0.482 e. The molecule has 142 valence electrons. The van der Waals surface area contributed by atoms with E-state index in [1.54, 1.807) is 43.3 Å². The topological polar surface area (TPSA) is 105 Å². The Morgan fingerprint density at radius 2 is 1.93 bits per heavy atom. The van der Waals surface area contributed by atoms with Crippen LogP contribution in [0.25, 0.3) is 0 Å². The fourth-order valence-corrected chi connectivity index (χ4v) is 3.88. The maximum atomic E-state index is 12.4. The summed E-state index contributed by atoms with van der Waals surface area (Å²) in [7, 11) is -3.93. The van der Waals surface area contributed by atoms with E-state index < -0.39 is 15.9 Å². The van der Waals surface area contributed by atoms with Gasteiger partial charge in [-0.1, -0.05) is 29.8 Å². The molecule has 1 heterocycles. The van der Waals surface area contributed by atoms with Crippen LogP contribution in [0.3, 0.4) is 0 Å². The first-order valence-electron chi connectivity index (χ1n) is 8.18. The Morgan fingerprint density at radius 3 is 2.67 bits per heavy atom. The van der Waals surface area contributed by atoms with Gasteiger partial charge >= 0.3 is 0 Å². The molecule has 0 fully saturated rings. The van der Waals surface area contributed by atoms with Gasteiger partial charge in [0.15, 0.2) is 6.61 Å². The Bertz CT molecular complexity index is 1000. The lowest BCUT2D eigenvalue weighted by Crippen LogP contribution is -2.49. The molecule has 8 nitrogen and oxygen atoms in total. The number of benzene rings is 2. The second-order valence-electron chi connectivity index (χ2n) is 6.16. The van der Waals surface area contributed by atoms with Crippen molar-refractivity contribution >= 4 is 27.5 Å². The number of nitrogens with one attached hydrogen (secondary N) is 2. The molecular weight excluding hydrogens is 370 g/mol. The molecule has 0 atom stereocenters. The van der Waals surface area contributed by atoms with Gasteiger partial charge in [-0.05, 0) is 37.6 Å². The van der Waals surface area contributed by atoms with Gasteiger partial charge in [-0.3, -0.25) is 19.9 Å². The molecule has 0 radical (unpaired) electrons. The number of amides is 2. The van der Waals surface area contributed by atoms with Crippen LogP contribution >= 0.6 is 0 Å². The predicted molar refractivity (Wildman–Crippen MR) is 98.7 cm³/mol. The molecule has 1 aliphatic heterocycles. The van der Waals surface area contributed by atoms with Crippen LogP contribution < -0.4 is 19.9 Å². The van der Waals surface area contributed by atoms with Gasteiger partial charge in [0.05, 0.1) is 10.6 Å². The summed E-state index contributed by atoms with van der Waals surface area (Å²) in [6.45, 7) is 3.01. The molecule has 3 rings (SSSR count). The van der Waals surface area contributed by atoms with Gasteiger partial charge in [0.25, 0.3) is 21.8 Å². The molecule has 2 N–H and O–H groups in total. The molecule has 27 heavy (non-hydrogen) atoms. The quantitative estimate of drug-likeness (QED) is 0.744. The number of carbonyl (C=O) groups excluding carboxylic acids is 2. The zero-order valence-electron chi connectivity index (χ0n) is 14.9. The van der Waals surface area contributed by atoms with E-state index in [1.165, 1.54) is 11.0 Å². The van der Waals surface area contributed by atoms with E-state index in [0.717, 1.165) is 5.56 Å². The smallest absolute Gasteiger partial charge is 0.265 e. The van der Waals surface area contributed by atoms with Crippen LogP contribution in [0, 0.1) is 13.8 Å². The monoisotopic (exact) mass is 389 g/mol. The maximum absolute atomic E-state index is 12.4. The first-order chi connectivity index (χ1) is 12.8. The van der Waals surface area contributed by atoms with E-state index in [9.17, 15) is 18.0 Å². The Morgan fingerprint density at radius 1 is 1.19 bits per heavy atom. The third-order valence-electron chi connectivity index (χ3n) is 4.05. The fourth-order valence-electron chi connectivity index (χ4n) is 2.79. The zero-order chi connectivity index (χ0) is 19.6. The minimum Gasteiger partial charge on any atom is -0.482 e. The summed E-state index contributed by atoms with van der Waals surface area (Å²) in [6, 6.07) is 11.7. The number of rotatable bonds is 5. The number of hydrogen-bond donors (Lipinski definition) is 2. The van der Waals surface area contributed by atoms with Crippen molar-refractivity contribution in [3.63, 3.8) is 0 Å². The number of hydrogen-bond acceptors (Lipinski definition) is 5. The molecule has 0 aromatic heterocycles. The van der Waals surface area contributed by atoms with Gasteiger partial charge < -0.3 is 4.74 Å². The van der Waals surface area contributed by atoms with Gasteiger partial charge in [-0.2, -0.15) is 0 Å². The molecule has 2 amide bonds. The number of carbonyl (C=O) groups is 2. The summed E-state index contributed by atoms with van der Waals surface area (Å²) in [5, 5.41) is 0. The summed E-state index contributed by atoms with van der Waals surface area (Å²) in [5.41, 5.74) is 4.10. The number of para-hydroxylation sites is 2. The second kappa shape index (κ2) is 7.37. The lowest BCUT2D eigenvalue weighted by molar-refractivity contribution is -0.125. The maximum Gasteiger partial charge on any atom is 0.265 e. The molecule has 1 aliphatic rings. The third-order valence-corrected chi connectivity index (χ3v) is 5.46. The highest BCUT2D eigenvalue weighted by molar-refractivity contribution is 7.89. The van der Waals surface area contributed by atoms with Crippen LogP contribution in [0.4, 0.5) is 5.69 Å². The summed E-state index contributed by atoms with van der Waals surface area (Å²) >= 11 is 0. The van der Waals surface area contributed by atoms with E-state index in [2.05, 4.69) is 10.3 Å². The van der Waals surface area contributed by atoms with Crippen molar-refractivity contribution in [1.29, 1.82) is 0 Å². The fraction of sp³-hybridized carbons (Fsp3) is 0.222. The van der Waals surface area contributed by atoms with E-state index >= 15 is 0 Å². The summed E-state index contributed by atoms with van der Waals surface area (Å²) in [4.78, 5) is 27.7. The minimum absolute atomic E-state index is 0.0706. The van der Waals surface area contributed by atoms with Crippen molar-refractivity contribution in [2.24, 2.45) is 0 Å². The number of aryl methyl sites for hydroxylation is 2. The SMILES string of the molecule is Cc1ccc(S(=O)(=O)NNC(=O)CN2C(=O)COc3ccccc32)c(C)c1. The van der Waals surface area contributed by atoms with Crippen molar-refractivity contribution in [2.75, 3.05) is 18.1 Å². The number of sulfonamides is 1. The van der Waals surface area contributed by atoms with E-state index in [4.69, 9.17) is 4.74 Å². The highest BCUT2D eigenvalue weighted by Gasteiger charge is 2.27. The number of fused-ring (bicyclic) bond motifs is 1. The van der Waals surface area contributed by atoms with Crippen LogP contribution in [0.15, 0.2) is 47.4 Å². The second-order valence-corrected chi connectivity index (χ2v) is 7.81. The van der Waals surface area contributed by atoms with E-state index in [0.29, 0.717) is 17.0 Å². The molecule has 2 aromatic carbocycles. The van der Waals surface area contributed by atoms with Crippen LogP contribution in [-0.2, 0) is 19.6 Å². The Labute approximate surface area is 157 Å². The molecular formula is C18H19N3O5S. The van der Waals surface area contributed by atoms with E-state index in [1.807, 2.05) is 6.92 Å². The minimum atomic E-state index is -3.93. The summed E-state index contributed by atoms with van der Waals surface area (Å²) in [6.07, 6.45) is 0. The standard InChI is InChI=1S/C18H19N3O5S/c1-12-7-8-16(13(2)9-12)27(24,25)20-19-17(22)10-21-14-5-3-4-6-15(14)26-11-18(21)23/h3-9,20H,10-11H2,1-2H3,(H,19,22). The van der Waals surface area contributed by atoms with Crippen LogP contribution in [-0.4, -0.2) is 33.4 Å². The average Bonchev–Trinajstić information content (AvgIpc) is 2.62. The van der Waals surface area contributed by atoms with Crippen molar-refractivity contribution in [3.8, 4) is 5.75 Å². The van der Waals surface area contributed by atoms with Gasteiger partial charge in [0.2, 0.25) is 0 Å². The molecule has 0 unspecified atom stereocenters. The summed E-state index contributed by atoms with van der Waals surface area (Å²) < 4.78 is 30.1. The first-order valence-corrected chi connectivity index (χ1v) is 9.66. The number of hydrazine groups is 1. The zero-order valence-corrected chi connectivity index (χ0v) is 15.7. The normalized spacial score (nSPS) is 13.7. The van der Waals surface area contributed by atoms with Gasteiger partial charge in [-0.25, -0.2) is 8.42 Å². The lowest BCUT2D eigenvalue weighted by atomic mass is 10.2. The number of nitrogens with zero attached hydrogens (tertiary/aromatic N) is 1. The summed E-state index contributed by atoms with van der Waals surface area (Å²) in [5.74, 6) is -0.574. The van der Waals surface area contributed by atoms with Crippen molar-refractivity contribution in [1.82, 2.24) is 10.3 Å². The molecule has 0 spiro atoms. The Balaban J connectivity index is 1.69. The van der Waals surface area contributed by atoms with E-state index in [-0.39, 0.29) is 24.0 Å². The number of anilines is 1.